The predicted octanol–water partition coefficient (Wildman–Crippen LogP) is 2.44. The lowest BCUT2D eigenvalue weighted by atomic mass is 9.69. The van der Waals surface area contributed by atoms with Crippen LogP contribution < -0.4 is 14.9 Å². The number of esters is 1. The van der Waals surface area contributed by atoms with E-state index in [0.717, 1.165) is 28.1 Å². The molecule has 0 aromatic heterocycles. The van der Waals surface area contributed by atoms with E-state index >= 15 is 0 Å². The number of carbonyl (C=O) groups excluding carboxylic acids is 1. The van der Waals surface area contributed by atoms with E-state index < -0.39 is 12.7 Å². The molecule has 2 bridgehead atoms. The van der Waals surface area contributed by atoms with Crippen LogP contribution in [0.15, 0.2) is 42.5 Å². The normalized spacial score (nSPS) is 23.0. The molecule has 2 aromatic carbocycles. The molecule has 0 amide bonds. The lowest BCUT2D eigenvalue weighted by Crippen LogP contribution is -2.57. The number of ether oxygens (including phenoxy) is 3. The summed E-state index contributed by atoms with van der Waals surface area (Å²) in [6, 6.07) is 13.6. The van der Waals surface area contributed by atoms with Crippen molar-refractivity contribution in [1.82, 2.24) is 0 Å². The van der Waals surface area contributed by atoms with Crippen molar-refractivity contribution >= 4 is 18.6 Å². The number of methoxy groups -OCH3 is 2. The molecule has 1 aliphatic carbocycles. The first-order valence-electron chi connectivity index (χ1n) is 9.30. The van der Waals surface area contributed by atoms with Crippen molar-refractivity contribution in [3.63, 3.8) is 0 Å². The second kappa shape index (κ2) is 7.49. The van der Waals surface area contributed by atoms with Gasteiger partial charge in [0.2, 0.25) is 0 Å². The molecule has 146 valence electrons. The summed E-state index contributed by atoms with van der Waals surface area (Å²) in [5.74, 6) is 1.18. The fourth-order valence-electron chi connectivity index (χ4n) is 4.11. The summed E-state index contributed by atoms with van der Waals surface area (Å²) in [6.07, 6.45) is 0.850. The van der Waals surface area contributed by atoms with Gasteiger partial charge in [-0.3, -0.25) is 4.79 Å². The zero-order chi connectivity index (χ0) is 19.7. The minimum Gasteiger partial charge on any atom is -0.496 e. The first kappa shape index (κ1) is 18.8. The van der Waals surface area contributed by atoms with Crippen LogP contribution in [-0.4, -0.2) is 39.5 Å². The average Bonchev–Trinajstić information content (AvgIpc) is 2.72. The molecule has 1 unspecified atom stereocenters. The molecule has 1 heterocycles. The highest BCUT2D eigenvalue weighted by Gasteiger charge is 2.51. The summed E-state index contributed by atoms with van der Waals surface area (Å²) >= 11 is 0. The number of fused-ring (bicyclic) bond motifs is 4. The van der Waals surface area contributed by atoms with E-state index in [-0.39, 0.29) is 18.7 Å². The van der Waals surface area contributed by atoms with Gasteiger partial charge in [0.05, 0.1) is 25.9 Å². The molecule has 7 heteroatoms. The Morgan fingerprint density at radius 1 is 1.14 bits per heavy atom. The van der Waals surface area contributed by atoms with Gasteiger partial charge in [0.25, 0.3) is 0 Å². The van der Waals surface area contributed by atoms with Crippen LogP contribution in [0.5, 0.6) is 11.5 Å². The summed E-state index contributed by atoms with van der Waals surface area (Å²) in [7, 11) is 2.73. The molecule has 0 N–H and O–H groups in total. The average molecular weight is 382 g/mol. The molecule has 1 fully saturated rings. The van der Waals surface area contributed by atoms with Crippen molar-refractivity contribution in [2.45, 2.75) is 31.5 Å². The fourth-order valence-corrected chi connectivity index (χ4v) is 4.11. The Hall–Kier alpha value is -2.51. The molecule has 4 rings (SSSR count). The molecule has 0 spiro atoms. The van der Waals surface area contributed by atoms with Gasteiger partial charge in [0.1, 0.15) is 18.1 Å². The van der Waals surface area contributed by atoms with Gasteiger partial charge >= 0.3 is 13.1 Å². The van der Waals surface area contributed by atoms with E-state index in [1.165, 1.54) is 6.92 Å². The van der Waals surface area contributed by atoms with Gasteiger partial charge in [0.15, 0.2) is 0 Å². The molecule has 1 saturated heterocycles. The molecule has 1 aliphatic heterocycles. The van der Waals surface area contributed by atoms with Gasteiger partial charge in [-0.05, 0) is 17.6 Å². The summed E-state index contributed by atoms with van der Waals surface area (Å²) in [5.41, 5.74) is 2.17. The molecule has 28 heavy (non-hydrogen) atoms. The monoisotopic (exact) mass is 382 g/mol. The van der Waals surface area contributed by atoms with Crippen molar-refractivity contribution in [2.24, 2.45) is 0 Å². The van der Waals surface area contributed by atoms with E-state index in [2.05, 4.69) is 0 Å². The van der Waals surface area contributed by atoms with Crippen LogP contribution in [-0.2, 0) is 25.3 Å². The van der Waals surface area contributed by atoms with Gasteiger partial charge in [-0.15, -0.1) is 0 Å². The zero-order valence-electron chi connectivity index (χ0n) is 16.3. The maximum Gasteiger partial charge on any atom is 0.494 e. The van der Waals surface area contributed by atoms with E-state index in [0.29, 0.717) is 12.8 Å². The molecule has 0 saturated carbocycles. The van der Waals surface area contributed by atoms with Gasteiger partial charge in [-0.25, -0.2) is 0 Å². The van der Waals surface area contributed by atoms with E-state index in [9.17, 15) is 4.79 Å². The van der Waals surface area contributed by atoms with Crippen LogP contribution in [0.1, 0.15) is 30.6 Å². The second-order valence-electron chi connectivity index (χ2n) is 7.19. The Morgan fingerprint density at radius 3 is 2.54 bits per heavy atom. The van der Waals surface area contributed by atoms with Gasteiger partial charge in [-0.1, -0.05) is 30.3 Å². The molecule has 6 nitrogen and oxygen atoms in total. The molecular weight excluding hydrogens is 359 g/mol. The quantitative estimate of drug-likeness (QED) is 0.585. The van der Waals surface area contributed by atoms with E-state index in [4.69, 9.17) is 23.5 Å². The topological polar surface area (TPSA) is 63.2 Å². The minimum atomic E-state index is -0.693. The van der Waals surface area contributed by atoms with Crippen LogP contribution >= 0.6 is 0 Å². The van der Waals surface area contributed by atoms with Gasteiger partial charge in [0, 0.05) is 30.9 Å². The first-order chi connectivity index (χ1) is 13.5. The van der Waals surface area contributed by atoms with Crippen LogP contribution in [0, 0.1) is 0 Å². The van der Waals surface area contributed by atoms with Crippen LogP contribution in [0.4, 0.5) is 0 Å². The van der Waals surface area contributed by atoms with Crippen molar-refractivity contribution < 1.29 is 28.3 Å². The molecule has 2 aliphatic rings. The highest BCUT2D eigenvalue weighted by molar-refractivity contribution is 6.61. The summed E-state index contributed by atoms with van der Waals surface area (Å²) in [5, 5.41) is 0. The second-order valence-corrected chi connectivity index (χ2v) is 7.19. The highest BCUT2D eigenvalue weighted by atomic mass is 16.6. The van der Waals surface area contributed by atoms with Crippen molar-refractivity contribution in [1.29, 1.82) is 0 Å². The lowest BCUT2D eigenvalue weighted by molar-refractivity contribution is -0.154. The van der Waals surface area contributed by atoms with Crippen molar-refractivity contribution in [3.05, 3.63) is 53.6 Å². The molecule has 2 atom stereocenters. The smallest absolute Gasteiger partial charge is 0.494 e. The maximum atomic E-state index is 11.5. The number of benzene rings is 2. The van der Waals surface area contributed by atoms with Crippen molar-refractivity contribution in [2.75, 3.05) is 20.8 Å². The standard InChI is InChI=1S/C21H23BO6/c1-14(23)26-13-21-11-16-17(24-2)9-10-18(25-3)20(16)19(12-21)27-22(28-21)15-7-5-4-6-8-15/h4-10,19H,11-13H2,1-3H3/t19-,21?/m0/s1. The van der Waals surface area contributed by atoms with E-state index in [1.54, 1.807) is 14.2 Å². The molecular formula is C21H23BO6. The van der Waals surface area contributed by atoms with Crippen LogP contribution in [0.25, 0.3) is 0 Å². The van der Waals surface area contributed by atoms with E-state index in [1.807, 2.05) is 42.5 Å². The highest BCUT2D eigenvalue weighted by Crippen LogP contribution is 2.50. The van der Waals surface area contributed by atoms with Gasteiger partial charge < -0.3 is 23.5 Å². The Kier molecular flexibility index (Phi) is 5.04. The number of rotatable bonds is 5. The number of hydrogen-bond acceptors (Lipinski definition) is 6. The SMILES string of the molecule is COc1ccc(OC)c2c1CC1(COC(C)=O)C[C@@H]2OB(c2ccccc2)O1. The third-order valence-electron chi connectivity index (χ3n) is 5.35. The molecule has 2 aromatic rings. The maximum absolute atomic E-state index is 11.5. The van der Waals surface area contributed by atoms with Crippen LogP contribution in [0.2, 0.25) is 0 Å². The first-order valence-corrected chi connectivity index (χ1v) is 9.30. The van der Waals surface area contributed by atoms with Crippen LogP contribution in [0.3, 0.4) is 0 Å². The van der Waals surface area contributed by atoms with Crippen molar-refractivity contribution in [3.8, 4) is 11.5 Å². The zero-order valence-corrected chi connectivity index (χ0v) is 16.3. The Labute approximate surface area is 164 Å². The third-order valence-corrected chi connectivity index (χ3v) is 5.35. The summed E-state index contributed by atoms with van der Waals surface area (Å²) in [6.45, 7) is 1.56. The fraction of sp³-hybridized carbons (Fsp3) is 0.381. The Bertz CT molecular complexity index is 871. The lowest BCUT2D eigenvalue weighted by Gasteiger charge is -2.48. The van der Waals surface area contributed by atoms with Gasteiger partial charge in [-0.2, -0.15) is 0 Å². The Morgan fingerprint density at radius 2 is 1.86 bits per heavy atom. The largest absolute Gasteiger partial charge is 0.496 e. The molecule has 0 radical (unpaired) electrons. The third kappa shape index (κ3) is 3.36. The summed E-state index contributed by atoms with van der Waals surface area (Å²) in [4.78, 5) is 11.5. The minimum absolute atomic E-state index is 0.158. The number of hydrogen-bond donors (Lipinski definition) is 0. The summed E-state index contributed by atoms with van der Waals surface area (Å²) < 4.78 is 29.4. The number of carbonyl (C=O) groups is 1. The Balaban J connectivity index is 1.79. The predicted molar refractivity (Wildman–Crippen MR) is 104 cm³/mol.